The molecule has 21 heavy (non-hydrogen) atoms. The number of amides is 1. The Morgan fingerprint density at radius 1 is 1.43 bits per heavy atom. The van der Waals surface area contributed by atoms with Gasteiger partial charge in [-0.25, -0.2) is 0 Å². The molecular weight excluding hydrogens is 356 g/mol. The molecule has 1 aromatic rings. The van der Waals surface area contributed by atoms with Crippen LogP contribution >= 0.6 is 27.5 Å². The monoisotopic (exact) mass is 374 g/mol. The second kappa shape index (κ2) is 8.73. The third-order valence-corrected chi connectivity index (χ3v) is 4.23. The molecule has 0 bridgehead atoms. The standard InChI is InChI=1S/C15H20BrClN2O2/c16-11-2-3-13(14(17)10-11)15(20)19-6-1-9-21-12-4-7-18-8-5-12/h2-3,10,12,18H,1,4-9H2,(H,19,20). The van der Waals surface area contributed by atoms with Crippen molar-refractivity contribution in [2.45, 2.75) is 25.4 Å². The molecular formula is C15H20BrClN2O2. The lowest BCUT2D eigenvalue weighted by molar-refractivity contribution is 0.0318. The van der Waals surface area contributed by atoms with Crippen LogP contribution in [0.1, 0.15) is 29.6 Å². The second-order valence-corrected chi connectivity index (χ2v) is 6.38. The van der Waals surface area contributed by atoms with E-state index in [2.05, 4.69) is 26.6 Å². The molecule has 1 heterocycles. The number of nitrogens with one attached hydrogen (secondary N) is 2. The highest BCUT2D eigenvalue weighted by atomic mass is 79.9. The summed E-state index contributed by atoms with van der Waals surface area (Å²) in [4.78, 5) is 12.0. The Bertz CT molecular complexity index is 479. The van der Waals surface area contributed by atoms with Crippen LogP contribution in [0.5, 0.6) is 0 Å². The molecule has 2 N–H and O–H groups in total. The largest absolute Gasteiger partial charge is 0.378 e. The van der Waals surface area contributed by atoms with Crippen LogP contribution in [-0.2, 0) is 4.74 Å². The van der Waals surface area contributed by atoms with Gasteiger partial charge in [0.25, 0.3) is 5.91 Å². The lowest BCUT2D eigenvalue weighted by Crippen LogP contribution is -2.33. The van der Waals surface area contributed by atoms with E-state index in [0.717, 1.165) is 36.8 Å². The van der Waals surface area contributed by atoms with Gasteiger partial charge >= 0.3 is 0 Å². The van der Waals surface area contributed by atoms with Gasteiger partial charge in [-0.2, -0.15) is 0 Å². The van der Waals surface area contributed by atoms with E-state index < -0.39 is 0 Å². The number of carbonyl (C=O) groups excluding carboxylic acids is 1. The van der Waals surface area contributed by atoms with E-state index in [9.17, 15) is 4.79 Å². The molecule has 0 saturated carbocycles. The summed E-state index contributed by atoms with van der Waals surface area (Å²) in [6, 6.07) is 5.24. The van der Waals surface area contributed by atoms with E-state index in [0.29, 0.717) is 29.8 Å². The summed E-state index contributed by atoms with van der Waals surface area (Å²) in [6.07, 6.45) is 3.31. The van der Waals surface area contributed by atoms with Gasteiger partial charge in [0.1, 0.15) is 0 Å². The normalized spacial score (nSPS) is 15.9. The van der Waals surface area contributed by atoms with Crippen molar-refractivity contribution in [1.82, 2.24) is 10.6 Å². The molecule has 0 radical (unpaired) electrons. The molecule has 116 valence electrons. The maximum Gasteiger partial charge on any atom is 0.252 e. The molecule has 2 rings (SSSR count). The van der Waals surface area contributed by atoms with Crippen molar-refractivity contribution < 1.29 is 9.53 Å². The van der Waals surface area contributed by atoms with Gasteiger partial charge in [0, 0.05) is 17.6 Å². The molecule has 1 aliphatic heterocycles. The summed E-state index contributed by atoms with van der Waals surface area (Å²) in [6.45, 7) is 3.34. The number of rotatable bonds is 6. The zero-order valence-corrected chi connectivity index (χ0v) is 14.2. The number of ether oxygens (including phenoxy) is 1. The minimum Gasteiger partial charge on any atom is -0.378 e. The first-order valence-corrected chi connectivity index (χ1v) is 8.39. The van der Waals surface area contributed by atoms with Gasteiger partial charge in [-0.15, -0.1) is 0 Å². The Labute approximate surface area is 138 Å². The molecule has 6 heteroatoms. The van der Waals surface area contributed by atoms with Crippen molar-refractivity contribution in [3.8, 4) is 0 Å². The van der Waals surface area contributed by atoms with Gasteiger partial charge in [-0.05, 0) is 50.6 Å². The minimum atomic E-state index is -0.144. The third kappa shape index (κ3) is 5.58. The summed E-state index contributed by atoms with van der Waals surface area (Å²) in [7, 11) is 0. The SMILES string of the molecule is O=C(NCCCOC1CCNCC1)c1ccc(Br)cc1Cl. The van der Waals surface area contributed by atoms with Crippen LogP contribution in [0.15, 0.2) is 22.7 Å². The number of hydrogen-bond acceptors (Lipinski definition) is 3. The second-order valence-electron chi connectivity index (χ2n) is 5.05. The van der Waals surface area contributed by atoms with E-state index in [1.165, 1.54) is 0 Å². The number of carbonyl (C=O) groups is 1. The van der Waals surface area contributed by atoms with Gasteiger partial charge in [-0.1, -0.05) is 27.5 Å². The van der Waals surface area contributed by atoms with Gasteiger partial charge in [0.05, 0.1) is 16.7 Å². The first-order valence-electron chi connectivity index (χ1n) is 7.22. The Balaban J connectivity index is 1.64. The van der Waals surface area contributed by atoms with Crippen LogP contribution in [0.4, 0.5) is 0 Å². The van der Waals surface area contributed by atoms with Gasteiger partial charge < -0.3 is 15.4 Å². The van der Waals surface area contributed by atoms with Gasteiger partial charge in [0.15, 0.2) is 0 Å². The predicted molar refractivity (Wildman–Crippen MR) is 87.9 cm³/mol. The molecule has 1 aromatic carbocycles. The Morgan fingerprint density at radius 3 is 2.90 bits per heavy atom. The number of halogens is 2. The first kappa shape index (κ1) is 16.7. The number of hydrogen-bond donors (Lipinski definition) is 2. The quantitative estimate of drug-likeness (QED) is 0.752. The van der Waals surface area contributed by atoms with Gasteiger partial charge in [0.2, 0.25) is 0 Å². The topological polar surface area (TPSA) is 50.4 Å². The summed E-state index contributed by atoms with van der Waals surface area (Å²) < 4.78 is 6.65. The van der Waals surface area contributed by atoms with E-state index in [1.54, 1.807) is 18.2 Å². The van der Waals surface area contributed by atoms with Crippen molar-refractivity contribution in [3.63, 3.8) is 0 Å². The molecule has 0 unspecified atom stereocenters. The van der Waals surface area contributed by atoms with Crippen molar-refractivity contribution in [1.29, 1.82) is 0 Å². The highest BCUT2D eigenvalue weighted by molar-refractivity contribution is 9.10. The van der Waals surface area contributed by atoms with Crippen molar-refractivity contribution in [3.05, 3.63) is 33.3 Å². The van der Waals surface area contributed by atoms with Crippen LogP contribution in [-0.4, -0.2) is 38.3 Å². The van der Waals surface area contributed by atoms with Crippen LogP contribution in [0.25, 0.3) is 0 Å². The fraction of sp³-hybridized carbons (Fsp3) is 0.533. The van der Waals surface area contributed by atoms with Crippen LogP contribution in [0.2, 0.25) is 5.02 Å². The summed E-state index contributed by atoms with van der Waals surface area (Å²) in [5.41, 5.74) is 0.499. The fourth-order valence-electron chi connectivity index (χ4n) is 2.26. The van der Waals surface area contributed by atoms with E-state index >= 15 is 0 Å². The maximum atomic E-state index is 12.0. The minimum absolute atomic E-state index is 0.144. The molecule has 1 aliphatic rings. The predicted octanol–water partition coefficient (Wildman–Crippen LogP) is 2.99. The molecule has 0 spiro atoms. The zero-order chi connectivity index (χ0) is 15.1. The molecule has 1 amide bonds. The highest BCUT2D eigenvalue weighted by Gasteiger charge is 2.13. The lowest BCUT2D eigenvalue weighted by Gasteiger charge is -2.22. The summed E-state index contributed by atoms with van der Waals surface area (Å²) in [5, 5.41) is 6.62. The van der Waals surface area contributed by atoms with Crippen molar-refractivity contribution in [2.24, 2.45) is 0 Å². The summed E-state index contributed by atoms with van der Waals surface area (Å²) in [5.74, 6) is -0.144. The van der Waals surface area contributed by atoms with Crippen molar-refractivity contribution >= 4 is 33.4 Å². The van der Waals surface area contributed by atoms with E-state index in [-0.39, 0.29) is 5.91 Å². The van der Waals surface area contributed by atoms with E-state index in [4.69, 9.17) is 16.3 Å². The molecule has 1 fully saturated rings. The fourth-order valence-corrected chi connectivity index (χ4v) is 3.01. The van der Waals surface area contributed by atoms with Crippen molar-refractivity contribution in [2.75, 3.05) is 26.2 Å². The number of benzene rings is 1. The Kier molecular flexibility index (Phi) is 6.96. The average Bonchev–Trinajstić information content (AvgIpc) is 2.47. The maximum absolute atomic E-state index is 12.0. The molecule has 0 aromatic heterocycles. The first-order chi connectivity index (χ1) is 10.2. The smallest absolute Gasteiger partial charge is 0.252 e. The van der Waals surface area contributed by atoms with Crippen LogP contribution in [0.3, 0.4) is 0 Å². The van der Waals surface area contributed by atoms with Gasteiger partial charge in [-0.3, -0.25) is 4.79 Å². The average molecular weight is 376 g/mol. The van der Waals surface area contributed by atoms with E-state index in [1.807, 2.05) is 0 Å². The van der Waals surface area contributed by atoms with Crippen LogP contribution in [0, 0.1) is 0 Å². The zero-order valence-electron chi connectivity index (χ0n) is 11.8. The molecule has 1 saturated heterocycles. The highest BCUT2D eigenvalue weighted by Crippen LogP contribution is 2.21. The molecule has 4 nitrogen and oxygen atoms in total. The molecule has 0 aliphatic carbocycles. The summed E-state index contributed by atoms with van der Waals surface area (Å²) >= 11 is 9.36. The van der Waals surface area contributed by atoms with Crippen LogP contribution < -0.4 is 10.6 Å². The third-order valence-electron chi connectivity index (χ3n) is 3.42. The molecule has 0 atom stereocenters. The Morgan fingerprint density at radius 2 is 2.19 bits per heavy atom. The number of piperidine rings is 1. The Hall–Kier alpha value is -0.620. The lowest BCUT2D eigenvalue weighted by atomic mass is 10.1.